The second-order valence-corrected chi connectivity index (χ2v) is 7.64. The lowest BCUT2D eigenvalue weighted by Crippen LogP contribution is -2.24. The van der Waals surface area contributed by atoms with Crippen LogP contribution in [0.3, 0.4) is 0 Å². The Balaban J connectivity index is 2.26. The van der Waals surface area contributed by atoms with Gasteiger partial charge in [0.1, 0.15) is 0 Å². The van der Waals surface area contributed by atoms with Crippen LogP contribution >= 0.6 is 18.7 Å². The van der Waals surface area contributed by atoms with Crippen molar-refractivity contribution in [2.45, 2.75) is 13.3 Å². The summed E-state index contributed by atoms with van der Waals surface area (Å²) in [6.07, 6.45) is 1.01. The number of rotatable bonds is 7. The molecule has 7 heteroatoms. The number of amides is 1. The Morgan fingerprint density at radius 2 is 2.28 bits per heavy atom. The molecule has 0 bridgehead atoms. The molecule has 1 amide bonds. The number of nitrogens with one attached hydrogen (secondary N) is 1. The first-order chi connectivity index (χ1) is 8.44. The first-order valence-corrected chi connectivity index (χ1v) is 8.76. The molecule has 1 aromatic heterocycles. The summed E-state index contributed by atoms with van der Waals surface area (Å²) in [5.41, 5.74) is 0. The zero-order chi connectivity index (χ0) is 13.6. The summed E-state index contributed by atoms with van der Waals surface area (Å²) in [6.45, 7) is 4.22. The van der Waals surface area contributed by atoms with Gasteiger partial charge >= 0.3 is 0 Å². The Hall–Kier alpha value is -0.710. The molecule has 102 valence electrons. The quantitative estimate of drug-likeness (QED) is 0.621. The normalized spacial score (nSPS) is 14.2. The van der Waals surface area contributed by atoms with Crippen molar-refractivity contribution in [3.63, 3.8) is 0 Å². The van der Waals surface area contributed by atoms with Crippen LogP contribution in [0.5, 0.6) is 0 Å². The molecule has 0 fully saturated rings. The van der Waals surface area contributed by atoms with E-state index >= 15 is 0 Å². The van der Waals surface area contributed by atoms with Crippen LogP contribution in [-0.4, -0.2) is 31.9 Å². The highest BCUT2D eigenvalue weighted by molar-refractivity contribution is 7.58. The second-order valence-electron chi connectivity index (χ2n) is 3.87. The molecular weight excluding hydrogens is 276 g/mol. The Morgan fingerprint density at radius 1 is 1.56 bits per heavy atom. The molecule has 1 atom stereocenters. The molecule has 0 spiro atoms. The minimum Gasteiger partial charge on any atom is -0.351 e. The molecule has 0 aromatic carbocycles. The summed E-state index contributed by atoms with van der Waals surface area (Å²) >= 11 is 0.809. The number of halogens is 1. The first kappa shape index (κ1) is 15.3. The summed E-state index contributed by atoms with van der Waals surface area (Å²) in [4.78, 5) is 11.9. The van der Waals surface area contributed by atoms with E-state index in [1.54, 1.807) is 13.6 Å². The average molecular weight is 293 g/mol. The molecular formula is C11H17FNO3PS. The number of thiophene rings is 1. The molecule has 0 aliphatic carbocycles. The molecule has 1 heterocycles. The van der Waals surface area contributed by atoms with E-state index in [2.05, 4.69) is 5.32 Å². The van der Waals surface area contributed by atoms with Gasteiger partial charge in [0, 0.05) is 19.4 Å². The molecule has 0 radical (unpaired) electrons. The van der Waals surface area contributed by atoms with Crippen molar-refractivity contribution < 1.29 is 18.3 Å². The third-order valence-corrected chi connectivity index (χ3v) is 5.03. The van der Waals surface area contributed by atoms with Gasteiger partial charge in [0.05, 0.1) is 11.5 Å². The molecule has 1 rings (SSSR count). The monoisotopic (exact) mass is 293 g/mol. The van der Waals surface area contributed by atoms with E-state index in [9.17, 15) is 13.8 Å². The molecule has 0 saturated heterocycles. The summed E-state index contributed by atoms with van der Waals surface area (Å²) in [7, 11) is -2.53. The minimum absolute atomic E-state index is 0.300. The lowest BCUT2D eigenvalue weighted by atomic mass is 10.4. The maximum Gasteiger partial charge on any atom is 0.261 e. The second kappa shape index (κ2) is 7.02. The van der Waals surface area contributed by atoms with Crippen LogP contribution in [0.25, 0.3) is 0 Å². The van der Waals surface area contributed by atoms with Crippen LogP contribution < -0.4 is 5.32 Å². The van der Waals surface area contributed by atoms with Gasteiger partial charge in [-0.1, -0.05) is 0 Å². The van der Waals surface area contributed by atoms with Crippen LogP contribution in [-0.2, 0) is 9.09 Å². The van der Waals surface area contributed by atoms with Gasteiger partial charge in [0.2, 0.25) is 0 Å². The lowest BCUT2D eigenvalue weighted by Gasteiger charge is -2.12. The van der Waals surface area contributed by atoms with Crippen molar-refractivity contribution in [2.75, 3.05) is 26.0 Å². The van der Waals surface area contributed by atoms with Gasteiger partial charge in [-0.3, -0.25) is 9.36 Å². The van der Waals surface area contributed by atoms with Crippen LogP contribution in [0.1, 0.15) is 23.0 Å². The largest absolute Gasteiger partial charge is 0.351 e. The van der Waals surface area contributed by atoms with E-state index in [0.717, 1.165) is 11.3 Å². The van der Waals surface area contributed by atoms with Crippen molar-refractivity contribution in [3.05, 3.63) is 22.1 Å². The number of carbonyl (C=O) groups is 1. The van der Waals surface area contributed by atoms with Gasteiger partial charge in [-0.2, -0.15) is 4.39 Å². The van der Waals surface area contributed by atoms with Gasteiger partial charge < -0.3 is 9.84 Å². The third-order valence-electron chi connectivity index (χ3n) is 2.23. The smallest absolute Gasteiger partial charge is 0.261 e. The third kappa shape index (κ3) is 5.29. The van der Waals surface area contributed by atoms with Crippen molar-refractivity contribution in [3.8, 4) is 0 Å². The van der Waals surface area contributed by atoms with E-state index in [4.69, 9.17) is 4.52 Å². The molecule has 1 N–H and O–H groups in total. The van der Waals surface area contributed by atoms with Crippen molar-refractivity contribution in [2.24, 2.45) is 0 Å². The molecule has 18 heavy (non-hydrogen) atoms. The molecule has 0 saturated carbocycles. The Kier molecular flexibility index (Phi) is 5.99. The fourth-order valence-corrected chi connectivity index (χ4v) is 3.48. The minimum atomic E-state index is -2.53. The van der Waals surface area contributed by atoms with Crippen molar-refractivity contribution in [1.82, 2.24) is 5.32 Å². The molecule has 1 unspecified atom stereocenters. The molecule has 0 aliphatic rings. The lowest BCUT2D eigenvalue weighted by molar-refractivity contribution is 0.0957. The summed E-state index contributed by atoms with van der Waals surface area (Å²) in [5, 5.41) is 2.28. The van der Waals surface area contributed by atoms with Crippen LogP contribution in [0, 0.1) is 5.13 Å². The average Bonchev–Trinajstić information content (AvgIpc) is 2.71. The summed E-state index contributed by atoms with van der Waals surface area (Å²) in [5.74, 6) is -0.300. The Labute approximate surface area is 110 Å². The standard InChI is InChI=1S/C11H17FNO3PS/c1-3-16-17(2,15)8-4-7-13-11(14)9-5-6-10(12)18-9/h5-6H,3-4,7-8H2,1-2H3,(H,13,14). The highest BCUT2D eigenvalue weighted by Crippen LogP contribution is 2.42. The predicted octanol–water partition coefficient (Wildman–Crippen LogP) is 2.95. The van der Waals surface area contributed by atoms with Crippen LogP contribution in [0.15, 0.2) is 12.1 Å². The molecule has 1 aromatic rings. The van der Waals surface area contributed by atoms with E-state index in [-0.39, 0.29) is 11.0 Å². The van der Waals surface area contributed by atoms with E-state index in [0.29, 0.717) is 30.6 Å². The fourth-order valence-electron chi connectivity index (χ4n) is 1.43. The number of carbonyl (C=O) groups excluding carboxylic acids is 1. The fraction of sp³-hybridized carbons (Fsp3) is 0.545. The van der Waals surface area contributed by atoms with E-state index < -0.39 is 7.37 Å². The number of hydrogen-bond donors (Lipinski definition) is 1. The van der Waals surface area contributed by atoms with Crippen molar-refractivity contribution >= 4 is 24.6 Å². The van der Waals surface area contributed by atoms with Gasteiger partial charge in [-0.15, -0.1) is 11.3 Å². The highest BCUT2D eigenvalue weighted by atomic mass is 32.1. The first-order valence-electron chi connectivity index (χ1n) is 5.69. The topological polar surface area (TPSA) is 55.4 Å². The molecule has 0 aliphatic heterocycles. The van der Waals surface area contributed by atoms with Crippen LogP contribution in [0.2, 0.25) is 0 Å². The number of hydrogen-bond acceptors (Lipinski definition) is 4. The maximum absolute atomic E-state index is 12.7. The highest BCUT2D eigenvalue weighted by Gasteiger charge is 2.14. The summed E-state index contributed by atoms with van der Waals surface area (Å²) < 4.78 is 29.6. The van der Waals surface area contributed by atoms with Gasteiger partial charge in [0.25, 0.3) is 5.91 Å². The van der Waals surface area contributed by atoms with Crippen molar-refractivity contribution in [1.29, 1.82) is 0 Å². The van der Waals surface area contributed by atoms with Gasteiger partial charge in [0.15, 0.2) is 12.5 Å². The zero-order valence-electron chi connectivity index (χ0n) is 10.4. The predicted molar refractivity (Wildman–Crippen MR) is 71.3 cm³/mol. The molecule has 4 nitrogen and oxygen atoms in total. The van der Waals surface area contributed by atoms with E-state index in [1.807, 2.05) is 0 Å². The van der Waals surface area contributed by atoms with Gasteiger partial charge in [-0.25, -0.2) is 0 Å². The Morgan fingerprint density at radius 3 is 2.83 bits per heavy atom. The maximum atomic E-state index is 12.7. The zero-order valence-corrected chi connectivity index (χ0v) is 12.2. The van der Waals surface area contributed by atoms with E-state index in [1.165, 1.54) is 12.1 Å². The van der Waals surface area contributed by atoms with Gasteiger partial charge in [-0.05, 0) is 25.5 Å². The SMILES string of the molecule is CCOP(C)(=O)CCCNC(=O)c1ccc(F)s1. The summed E-state index contributed by atoms with van der Waals surface area (Å²) in [6, 6.07) is 2.70. The Bertz CT molecular complexity index is 449. The van der Waals surface area contributed by atoms with Crippen LogP contribution in [0.4, 0.5) is 4.39 Å².